The van der Waals surface area contributed by atoms with Gasteiger partial charge in [-0.3, -0.25) is 4.79 Å². The molecule has 110 valence electrons. The average Bonchev–Trinajstić information content (AvgIpc) is 3.18. The Balaban J connectivity index is 1.69. The SMILES string of the molecule is COc1ccc(CC(=O)N2CCSC2c2cccs2)cc1. The van der Waals surface area contributed by atoms with Gasteiger partial charge in [0.05, 0.1) is 13.5 Å². The molecule has 5 heteroatoms. The Morgan fingerprint density at radius 2 is 2.14 bits per heavy atom. The van der Waals surface area contributed by atoms with Crippen LogP contribution in [-0.2, 0) is 11.2 Å². The molecule has 2 aromatic rings. The van der Waals surface area contributed by atoms with E-state index in [-0.39, 0.29) is 11.3 Å². The molecule has 0 radical (unpaired) electrons. The lowest BCUT2D eigenvalue weighted by molar-refractivity contribution is -0.130. The van der Waals surface area contributed by atoms with Crippen LogP contribution in [0.25, 0.3) is 0 Å². The highest BCUT2D eigenvalue weighted by Gasteiger charge is 2.30. The summed E-state index contributed by atoms with van der Waals surface area (Å²) < 4.78 is 5.14. The minimum absolute atomic E-state index is 0.191. The number of hydrogen-bond donors (Lipinski definition) is 0. The fourth-order valence-electron chi connectivity index (χ4n) is 2.41. The Morgan fingerprint density at radius 3 is 2.81 bits per heavy atom. The predicted octanol–water partition coefficient (Wildman–Crippen LogP) is 3.57. The van der Waals surface area contributed by atoms with Gasteiger partial charge in [-0.1, -0.05) is 18.2 Å². The van der Waals surface area contributed by atoms with Gasteiger partial charge in [0.25, 0.3) is 0 Å². The van der Waals surface area contributed by atoms with Gasteiger partial charge in [-0.15, -0.1) is 23.1 Å². The smallest absolute Gasteiger partial charge is 0.228 e. The van der Waals surface area contributed by atoms with E-state index in [2.05, 4.69) is 11.4 Å². The van der Waals surface area contributed by atoms with Crippen molar-refractivity contribution in [3.63, 3.8) is 0 Å². The molecule has 1 aliphatic heterocycles. The highest BCUT2D eigenvalue weighted by molar-refractivity contribution is 7.99. The minimum Gasteiger partial charge on any atom is -0.497 e. The summed E-state index contributed by atoms with van der Waals surface area (Å²) >= 11 is 3.57. The van der Waals surface area contributed by atoms with E-state index in [1.807, 2.05) is 47.0 Å². The average molecular weight is 319 g/mol. The highest BCUT2D eigenvalue weighted by atomic mass is 32.2. The number of amides is 1. The van der Waals surface area contributed by atoms with E-state index < -0.39 is 0 Å². The van der Waals surface area contributed by atoms with Crippen molar-refractivity contribution in [2.75, 3.05) is 19.4 Å². The topological polar surface area (TPSA) is 29.5 Å². The molecule has 1 aliphatic rings. The van der Waals surface area contributed by atoms with Crippen LogP contribution in [-0.4, -0.2) is 30.2 Å². The number of ether oxygens (including phenoxy) is 1. The molecule has 3 rings (SSSR count). The Morgan fingerprint density at radius 1 is 1.33 bits per heavy atom. The summed E-state index contributed by atoms with van der Waals surface area (Å²) in [5.41, 5.74) is 1.03. The summed E-state index contributed by atoms with van der Waals surface area (Å²) in [5, 5.41) is 2.26. The molecule has 0 bridgehead atoms. The van der Waals surface area contributed by atoms with Crippen LogP contribution in [0.5, 0.6) is 5.75 Å². The molecule has 2 heterocycles. The first-order chi connectivity index (χ1) is 10.3. The number of methoxy groups -OCH3 is 1. The number of rotatable bonds is 4. The summed E-state index contributed by atoms with van der Waals surface area (Å²) in [4.78, 5) is 15.8. The van der Waals surface area contributed by atoms with Crippen LogP contribution >= 0.6 is 23.1 Å². The van der Waals surface area contributed by atoms with E-state index in [0.717, 1.165) is 23.6 Å². The summed E-state index contributed by atoms with van der Waals surface area (Å²) in [6.45, 7) is 0.836. The first-order valence-corrected chi connectivity index (χ1v) is 8.78. The largest absolute Gasteiger partial charge is 0.497 e. The van der Waals surface area contributed by atoms with Crippen LogP contribution in [0.3, 0.4) is 0 Å². The van der Waals surface area contributed by atoms with Gasteiger partial charge in [-0.2, -0.15) is 0 Å². The van der Waals surface area contributed by atoms with Crippen molar-refractivity contribution in [1.82, 2.24) is 4.90 Å². The Hall–Kier alpha value is -1.46. The second-order valence-corrected chi connectivity index (χ2v) is 7.02. The van der Waals surface area contributed by atoms with Crippen LogP contribution in [0, 0.1) is 0 Å². The molecule has 1 fully saturated rings. The Kier molecular flexibility index (Phi) is 4.51. The predicted molar refractivity (Wildman–Crippen MR) is 87.9 cm³/mol. The molecule has 1 amide bonds. The molecule has 0 spiro atoms. The standard InChI is InChI=1S/C16H17NO2S2/c1-19-13-6-4-12(5-7-13)11-15(18)17-8-10-21-16(17)14-3-2-9-20-14/h2-7,9,16H,8,10-11H2,1H3. The summed E-state index contributed by atoms with van der Waals surface area (Å²) in [7, 11) is 1.65. The number of thiophene rings is 1. The quantitative estimate of drug-likeness (QED) is 0.863. The van der Waals surface area contributed by atoms with E-state index >= 15 is 0 Å². The Labute approximate surface area is 132 Å². The lowest BCUT2D eigenvalue weighted by atomic mass is 10.1. The number of thioether (sulfide) groups is 1. The lowest BCUT2D eigenvalue weighted by Gasteiger charge is -2.23. The van der Waals surface area contributed by atoms with E-state index in [9.17, 15) is 4.79 Å². The number of carbonyl (C=O) groups is 1. The third-order valence-electron chi connectivity index (χ3n) is 3.51. The molecular weight excluding hydrogens is 302 g/mol. The van der Waals surface area contributed by atoms with Crippen LogP contribution in [0.2, 0.25) is 0 Å². The van der Waals surface area contributed by atoms with Gasteiger partial charge in [0.15, 0.2) is 0 Å². The Bertz CT molecular complexity index is 595. The van der Waals surface area contributed by atoms with E-state index in [4.69, 9.17) is 4.74 Å². The molecule has 0 saturated carbocycles. The summed E-state index contributed by atoms with van der Waals surface area (Å²) in [6, 6.07) is 11.9. The molecule has 1 aromatic heterocycles. The first-order valence-electron chi connectivity index (χ1n) is 6.85. The maximum atomic E-state index is 12.6. The number of hydrogen-bond acceptors (Lipinski definition) is 4. The van der Waals surface area contributed by atoms with E-state index in [1.165, 1.54) is 4.88 Å². The van der Waals surface area contributed by atoms with Crippen molar-refractivity contribution in [2.45, 2.75) is 11.8 Å². The second kappa shape index (κ2) is 6.54. The van der Waals surface area contributed by atoms with Crippen LogP contribution < -0.4 is 4.74 Å². The minimum atomic E-state index is 0.191. The number of nitrogens with zero attached hydrogens (tertiary/aromatic N) is 1. The maximum absolute atomic E-state index is 12.6. The van der Waals surface area contributed by atoms with E-state index in [0.29, 0.717) is 6.42 Å². The molecule has 21 heavy (non-hydrogen) atoms. The van der Waals surface area contributed by atoms with Gasteiger partial charge in [-0.25, -0.2) is 0 Å². The van der Waals surface area contributed by atoms with Crippen LogP contribution in [0.4, 0.5) is 0 Å². The molecular formula is C16H17NO2S2. The summed E-state index contributed by atoms with van der Waals surface area (Å²) in [5.74, 6) is 2.03. The number of carbonyl (C=O) groups excluding carboxylic acids is 1. The first kappa shape index (κ1) is 14.5. The highest BCUT2D eigenvalue weighted by Crippen LogP contribution is 2.40. The third-order valence-corrected chi connectivity index (χ3v) is 5.83. The fourth-order valence-corrected chi connectivity index (χ4v) is 4.67. The molecule has 0 aliphatic carbocycles. The molecule has 1 saturated heterocycles. The molecule has 1 unspecified atom stereocenters. The molecule has 1 atom stereocenters. The summed E-state index contributed by atoms with van der Waals surface area (Å²) in [6.07, 6.45) is 0.451. The fraction of sp³-hybridized carbons (Fsp3) is 0.312. The zero-order chi connectivity index (χ0) is 14.7. The zero-order valence-electron chi connectivity index (χ0n) is 11.8. The van der Waals surface area contributed by atoms with Crippen molar-refractivity contribution < 1.29 is 9.53 Å². The van der Waals surface area contributed by atoms with Crippen molar-refractivity contribution >= 4 is 29.0 Å². The molecule has 1 aromatic carbocycles. The van der Waals surface area contributed by atoms with Crippen LogP contribution in [0.15, 0.2) is 41.8 Å². The van der Waals surface area contributed by atoms with Crippen LogP contribution in [0.1, 0.15) is 15.8 Å². The van der Waals surface area contributed by atoms with Crippen molar-refractivity contribution in [2.24, 2.45) is 0 Å². The lowest BCUT2D eigenvalue weighted by Crippen LogP contribution is -2.31. The van der Waals surface area contributed by atoms with Crippen molar-refractivity contribution in [3.05, 3.63) is 52.2 Å². The van der Waals surface area contributed by atoms with Crippen molar-refractivity contribution in [3.8, 4) is 5.75 Å². The van der Waals surface area contributed by atoms with Crippen molar-refractivity contribution in [1.29, 1.82) is 0 Å². The van der Waals surface area contributed by atoms with Gasteiger partial charge in [0, 0.05) is 17.2 Å². The monoisotopic (exact) mass is 319 g/mol. The number of benzene rings is 1. The molecule has 3 nitrogen and oxygen atoms in total. The van der Waals surface area contributed by atoms with Gasteiger partial charge in [-0.05, 0) is 29.1 Å². The van der Waals surface area contributed by atoms with Gasteiger partial charge in [0.2, 0.25) is 5.91 Å². The zero-order valence-corrected chi connectivity index (χ0v) is 13.5. The van der Waals surface area contributed by atoms with Gasteiger partial charge >= 0.3 is 0 Å². The molecule has 0 N–H and O–H groups in total. The third kappa shape index (κ3) is 3.24. The second-order valence-electron chi connectivity index (χ2n) is 4.85. The maximum Gasteiger partial charge on any atom is 0.228 e. The van der Waals surface area contributed by atoms with Gasteiger partial charge < -0.3 is 9.64 Å². The van der Waals surface area contributed by atoms with E-state index in [1.54, 1.807) is 18.4 Å². The van der Waals surface area contributed by atoms with Gasteiger partial charge in [0.1, 0.15) is 11.1 Å². The normalized spacial score (nSPS) is 18.0.